The maximum absolute atomic E-state index is 10.7. The lowest BCUT2D eigenvalue weighted by Gasteiger charge is -2.27. The van der Waals surface area contributed by atoms with Gasteiger partial charge >= 0.3 is 5.97 Å². The van der Waals surface area contributed by atoms with E-state index in [2.05, 4.69) is 10.3 Å². The van der Waals surface area contributed by atoms with Crippen LogP contribution >= 0.6 is 0 Å². The molecule has 0 aliphatic carbocycles. The van der Waals surface area contributed by atoms with Gasteiger partial charge in [-0.05, 0) is 24.5 Å². The van der Waals surface area contributed by atoms with Gasteiger partial charge in [0.25, 0.3) is 0 Å². The zero-order chi connectivity index (χ0) is 10.7. The number of rotatable bonds is 2. The third-order valence-electron chi connectivity index (χ3n) is 2.85. The molecule has 2 rings (SSSR count). The standard InChI is InChI=1S/C11H14N2O2/c14-11(15)9-3-4-10(13-7-9)8-2-1-5-12-6-8/h1-2,5-6,9-10,13H,3-4,7H2,(H,14,15). The molecule has 4 heteroatoms. The molecule has 1 aliphatic heterocycles. The summed E-state index contributed by atoms with van der Waals surface area (Å²) in [4.78, 5) is 14.8. The Morgan fingerprint density at radius 1 is 1.53 bits per heavy atom. The summed E-state index contributed by atoms with van der Waals surface area (Å²) in [6.45, 7) is 0.550. The second kappa shape index (κ2) is 4.40. The van der Waals surface area contributed by atoms with E-state index in [4.69, 9.17) is 5.11 Å². The van der Waals surface area contributed by atoms with Crippen LogP contribution in [0.2, 0.25) is 0 Å². The van der Waals surface area contributed by atoms with Crippen LogP contribution in [-0.4, -0.2) is 22.6 Å². The van der Waals surface area contributed by atoms with Gasteiger partial charge in [0, 0.05) is 25.0 Å². The number of nitrogens with zero attached hydrogens (tertiary/aromatic N) is 1. The zero-order valence-corrected chi connectivity index (χ0v) is 8.39. The normalized spacial score (nSPS) is 26.1. The minimum absolute atomic E-state index is 0.238. The Morgan fingerprint density at radius 2 is 2.40 bits per heavy atom. The van der Waals surface area contributed by atoms with Crippen LogP contribution in [0.25, 0.3) is 0 Å². The highest BCUT2D eigenvalue weighted by Crippen LogP contribution is 2.24. The summed E-state index contributed by atoms with van der Waals surface area (Å²) in [5, 5.41) is 12.1. The molecule has 1 aromatic heterocycles. The van der Waals surface area contributed by atoms with Crippen LogP contribution in [0.1, 0.15) is 24.4 Å². The first kappa shape index (κ1) is 10.1. The number of carboxylic acid groups (broad SMARTS) is 1. The van der Waals surface area contributed by atoms with Crippen molar-refractivity contribution in [3.8, 4) is 0 Å². The maximum Gasteiger partial charge on any atom is 0.307 e. The highest BCUT2D eigenvalue weighted by atomic mass is 16.4. The van der Waals surface area contributed by atoms with Crippen LogP contribution in [0.3, 0.4) is 0 Å². The SMILES string of the molecule is O=C(O)C1CCC(c2cccnc2)NC1. The van der Waals surface area contributed by atoms with Crippen LogP contribution < -0.4 is 5.32 Å². The Morgan fingerprint density at radius 3 is 2.93 bits per heavy atom. The van der Waals surface area contributed by atoms with Crippen molar-refractivity contribution in [2.75, 3.05) is 6.54 Å². The van der Waals surface area contributed by atoms with Gasteiger partial charge < -0.3 is 10.4 Å². The fraction of sp³-hybridized carbons (Fsp3) is 0.455. The Balaban J connectivity index is 1.97. The first-order valence-corrected chi connectivity index (χ1v) is 5.13. The Kier molecular flexibility index (Phi) is 2.97. The molecule has 1 aromatic rings. The van der Waals surface area contributed by atoms with E-state index in [1.165, 1.54) is 0 Å². The molecule has 2 N–H and O–H groups in total. The number of pyridine rings is 1. The highest BCUT2D eigenvalue weighted by Gasteiger charge is 2.25. The fourth-order valence-corrected chi connectivity index (χ4v) is 1.93. The second-order valence-corrected chi connectivity index (χ2v) is 3.86. The van der Waals surface area contributed by atoms with Crippen LogP contribution in [0.4, 0.5) is 0 Å². The molecule has 1 aliphatic rings. The van der Waals surface area contributed by atoms with Crippen LogP contribution in [0.5, 0.6) is 0 Å². The summed E-state index contributed by atoms with van der Waals surface area (Å²) in [6.07, 6.45) is 5.18. The molecule has 0 bridgehead atoms. The number of aliphatic carboxylic acids is 1. The van der Waals surface area contributed by atoms with Crippen LogP contribution in [0, 0.1) is 5.92 Å². The van der Waals surface area contributed by atoms with Gasteiger partial charge in [-0.1, -0.05) is 6.07 Å². The van der Waals surface area contributed by atoms with E-state index in [9.17, 15) is 4.79 Å². The second-order valence-electron chi connectivity index (χ2n) is 3.86. The van der Waals surface area contributed by atoms with Crippen LogP contribution in [-0.2, 0) is 4.79 Å². The summed E-state index contributed by atoms with van der Waals surface area (Å²) < 4.78 is 0. The van der Waals surface area contributed by atoms with Gasteiger partial charge in [0.2, 0.25) is 0 Å². The Labute approximate surface area is 88.3 Å². The van der Waals surface area contributed by atoms with E-state index < -0.39 is 5.97 Å². The molecule has 0 saturated carbocycles. The van der Waals surface area contributed by atoms with Gasteiger partial charge in [-0.2, -0.15) is 0 Å². The van der Waals surface area contributed by atoms with Crippen molar-refractivity contribution in [3.63, 3.8) is 0 Å². The quantitative estimate of drug-likeness (QED) is 0.763. The molecule has 0 aromatic carbocycles. The number of aromatic nitrogens is 1. The number of piperidine rings is 1. The lowest BCUT2D eigenvalue weighted by Crippen LogP contribution is -2.36. The van der Waals surface area contributed by atoms with Gasteiger partial charge in [-0.25, -0.2) is 0 Å². The fourth-order valence-electron chi connectivity index (χ4n) is 1.93. The first-order valence-electron chi connectivity index (χ1n) is 5.13. The van der Waals surface area contributed by atoms with Gasteiger partial charge in [-0.15, -0.1) is 0 Å². The predicted octanol–water partition coefficient (Wildman–Crippen LogP) is 1.21. The molecule has 0 spiro atoms. The third kappa shape index (κ3) is 2.33. The van der Waals surface area contributed by atoms with Crippen molar-refractivity contribution in [2.24, 2.45) is 5.92 Å². The van der Waals surface area contributed by atoms with Crippen LogP contribution in [0.15, 0.2) is 24.5 Å². The highest BCUT2D eigenvalue weighted by molar-refractivity contribution is 5.70. The molecular formula is C11H14N2O2. The molecule has 0 amide bonds. The number of carbonyl (C=O) groups is 1. The summed E-state index contributed by atoms with van der Waals surface area (Å²) in [5.74, 6) is -0.940. The van der Waals surface area contributed by atoms with Crippen molar-refractivity contribution in [2.45, 2.75) is 18.9 Å². The van der Waals surface area contributed by atoms with Crippen molar-refractivity contribution >= 4 is 5.97 Å². The van der Waals surface area contributed by atoms with Crippen molar-refractivity contribution < 1.29 is 9.90 Å². The lowest BCUT2D eigenvalue weighted by atomic mass is 9.92. The van der Waals surface area contributed by atoms with E-state index in [1.807, 2.05) is 18.3 Å². The van der Waals surface area contributed by atoms with Crippen molar-refractivity contribution in [1.82, 2.24) is 10.3 Å². The summed E-state index contributed by atoms with van der Waals surface area (Å²) in [7, 11) is 0. The van der Waals surface area contributed by atoms with Gasteiger partial charge in [0.1, 0.15) is 0 Å². The number of nitrogens with one attached hydrogen (secondary N) is 1. The van der Waals surface area contributed by atoms with E-state index in [-0.39, 0.29) is 12.0 Å². The molecule has 1 fully saturated rings. The number of carboxylic acids is 1. The minimum atomic E-state index is -0.702. The summed E-state index contributed by atoms with van der Waals surface area (Å²) >= 11 is 0. The van der Waals surface area contributed by atoms with E-state index >= 15 is 0 Å². The largest absolute Gasteiger partial charge is 0.481 e. The molecule has 2 unspecified atom stereocenters. The molecule has 1 saturated heterocycles. The topological polar surface area (TPSA) is 62.2 Å². The molecular weight excluding hydrogens is 192 g/mol. The maximum atomic E-state index is 10.7. The zero-order valence-electron chi connectivity index (χ0n) is 8.39. The average Bonchev–Trinajstić information content (AvgIpc) is 2.30. The molecule has 80 valence electrons. The summed E-state index contributed by atoms with van der Waals surface area (Å²) in [6, 6.07) is 4.18. The van der Waals surface area contributed by atoms with Crippen molar-refractivity contribution in [3.05, 3.63) is 30.1 Å². The predicted molar refractivity (Wildman–Crippen MR) is 55.3 cm³/mol. The van der Waals surface area contributed by atoms with E-state index in [0.29, 0.717) is 6.54 Å². The smallest absolute Gasteiger partial charge is 0.307 e. The molecule has 2 heterocycles. The monoisotopic (exact) mass is 206 g/mol. The first-order chi connectivity index (χ1) is 7.27. The Hall–Kier alpha value is -1.42. The molecule has 15 heavy (non-hydrogen) atoms. The van der Waals surface area contributed by atoms with Gasteiger partial charge in [0.15, 0.2) is 0 Å². The van der Waals surface area contributed by atoms with Crippen molar-refractivity contribution in [1.29, 1.82) is 0 Å². The third-order valence-corrected chi connectivity index (χ3v) is 2.85. The van der Waals surface area contributed by atoms with Gasteiger partial charge in [0.05, 0.1) is 5.92 Å². The van der Waals surface area contributed by atoms with E-state index in [0.717, 1.165) is 18.4 Å². The minimum Gasteiger partial charge on any atom is -0.481 e. The van der Waals surface area contributed by atoms with E-state index in [1.54, 1.807) is 6.20 Å². The lowest BCUT2D eigenvalue weighted by molar-refractivity contribution is -0.142. The van der Waals surface area contributed by atoms with Gasteiger partial charge in [-0.3, -0.25) is 9.78 Å². The number of hydrogen-bond donors (Lipinski definition) is 2. The molecule has 2 atom stereocenters. The Bertz CT molecular complexity index is 332. The summed E-state index contributed by atoms with van der Waals surface area (Å²) in [5.41, 5.74) is 1.14. The number of hydrogen-bond acceptors (Lipinski definition) is 3. The molecule has 0 radical (unpaired) electrons. The average molecular weight is 206 g/mol. The molecule has 4 nitrogen and oxygen atoms in total.